The monoisotopic (exact) mass is 438 g/mol. The van der Waals surface area contributed by atoms with Crippen LogP contribution >= 0.6 is 0 Å². The summed E-state index contributed by atoms with van der Waals surface area (Å²) in [5.74, 6) is 2.41. The van der Waals surface area contributed by atoms with Crippen LogP contribution in [0.15, 0.2) is 110 Å². The van der Waals surface area contributed by atoms with Gasteiger partial charge in [0.2, 0.25) is 0 Å². The fraction of sp³-hybridized carbons (Fsp3) is 0.0357. The number of aromatic hydroxyl groups is 1. The van der Waals surface area contributed by atoms with Crippen molar-refractivity contribution >= 4 is 5.97 Å². The summed E-state index contributed by atoms with van der Waals surface area (Å²) in [6.07, 6.45) is 1.38. The molecule has 0 aliphatic heterocycles. The molecule has 1 N–H and O–H groups in total. The van der Waals surface area contributed by atoms with Crippen molar-refractivity contribution < 1.29 is 24.1 Å². The lowest BCUT2D eigenvalue weighted by Crippen LogP contribution is -2.06. The molecule has 0 atom stereocenters. The molecule has 0 amide bonds. The molecule has 4 rings (SSSR count). The third-order valence-electron chi connectivity index (χ3n) is 4.80. The number of ether oxygens (including phenoxy) is 3. The summed E-state index contributed by atoms with van der Waals surface area (Å²) in [5, 5.41) is 10.5. The van der Waals surface area contributed by atoms with E-state index < -0.39 is 5.97 Å². The van der Waals surface area contributed by atoms with Gasteiger partial charge < -0.3 is 19.3 Å². The molecule has 0 fully saturated rings. The Bertz CT molecular complexity index is 1250. The minimum Gasteiger partial charge on any atom is -0.508 e. The van der Waals surface area contributed by atoms with Gasteiger partial charge in [-0.15, -0.1) is 0 Å². The Labute approximate surface area is 192 Å². The number of carbonyl (C=O) groups is 1. The van der Waals surface area contributed by atoms with Gasteiger partial charge in [-0.2, -0.15) is 0 Å². The summed E-state index contributed by atoms with van der Waals surface area (Å²) < 4.78 is 17.2. The number of esters is 1. The Morgan fingerprint density at radius 1 is 0.727 bits per heavy atom. The smallest absolute Gasteiger partial charge is 0.335 e. The van der Waals surface area contributed by atoms with E-state index in [1.807, 2.05) is 60.7 Å². The van der Waals surface area contributed by atoms with Gasteiger partial charge >= 0.3 is 5.97 Å². The van der Waals surface area contributed by atoms with Crippen LogP contribution in [0.2, 0.25) is 0 Å². The molecule has 164 valence electrons. The molecule has 33 heavy (non-hydrogen) atoms. The Balaban J connectivity index is 1.64. The molecule has 0 aromatic heterocycles. The van der Waals surface area contributed by atoms with Crippen molar-refractivity contribution in [1.29, 1.82) is 0 Å². The standard InChI is InChI=1S/C28H22O5/c1-2-28(30)33-27-16-14-25(32-23-11-7-4-8-12-23)19-21(27)17-20-18-24(13-15-26(20)29)31-22-9-5-3-6-10-22/h2-16,18-19,29H,1,17H2. The van der Waals surface area contributed by atoms with Crippen LogP contribution in [-0.4, -0.2) is 11.1 Å². The first-order valence-electron chi connectivity index (χ1n) is 10.4. The van der Waals surface area contributed by atoms with E-state index in [4.69, 9.17) is 14.2 Å². The van der Waals surface area contributed by atoms with E-state index in [1.165, 1.54) is 0 Å². The first-order valence-corrected chi connectivity index (χ1v) is 10.4. The van der Waals surface area contributed by atoms with Gasteiger partial charge in [0.25, 0.3) is 0 Å². The molecule has 0 saturated heterocycles. The largest absolute Gasteiger partial charge is 0.508 e. The van der Waals surface area contributed by atoms with E-state index in [1.54, 1.807) is 36.4 Å². The number of benzene rings is 4. The highest BCUT2D eigenvalue weighted by Crippen LogP contribution is 2.33. The molecule has 0 heterocycles. The first kappa shape index (κ1) is 21.7. The first-order chi connectivity index (χ1) is 16.1. The predicted molar refractivity (Wildman–Crippen MR) is 126 cm³/mol. The van der Waals surface area contributed by atoms with Crippen LogP contribution in [0, 0.1) is 0 Å². The maximum Gasteiger partial charge on any atom is 0.335 e. The van der Waals surface area contributed by atoms with Crippen LogP contribution < -0.4 is 14.2 Å². The second-order valence-electron chi connectivity index (χ2n) is 7.19. The van der Waals surface area contributed by atoms with Gasteiger partial charge in [-0.3, -0.25) is 0 Å². The lowest BCUT2D eigenvalue weighted by Gasteiger charge is -2.14. The van der Waals surface area contributed by atoms with Crippen molar-refractivity contribution in [1.82, 2.24) is 0 Å². The third-order valence-corrected chi connectivity index (χ3v) is 4.80. The lowest BCUT2D eigenvalue weighted by atomic mass is 10.0. The van der Waals surface area contributed by atoms with E-state index in [-0.39, 0.29) is 12.2 Å². The zero-order valence-electron chi connectivity index (χ0n) is 17.8. The summed E-state index contributed by atoms with van der Waals surface area (Å²) in [4.78, 5) is 11.8. The zero-order valence-corrected chi connectivity index (χ0v) is 17.8. The predicted octanol–water partition coefficient (Wildman–Crippen LogP) is 6.66. The van der Waals surface area contributed by atoms with E-state index in [0.717, 1.165) is 6.08 Å². The van der Waals surface area contributed by atoms with Gasteiger partial charge in [0.1, 0.15) is 34.5 Å². The highest BCUT2D eigenvalue weighted by molar-refractivity contribution is 5.83. The summed E-state index contributed by atoms with van der Waals surface area (Å²) in [6.45, 7) is 3.45. The average Bonchev–Trinajstić information content (AvgIpc) is 2.84. The van der Waals surface area contributed by atoms with Gasteiger partial charge in [-0.1, -0.05) is 43.0 Å². The summed E-state index contributed by atoms with van der Waals surface area (Å²) in [6, 6.07) is 28.9. The lowest BCUT2D eigenvalue weighted by molar-refractivity contribution is -0.129. The topological polar surface area (TPSA) is 65.0 Å². The van der Waals surface area contributed by atoms with Crippen LogP contribution in [0.5, 0.6) is 34.5 Å². The molecule has 0 bridgehead atoms. The molecular formula is C28H22O5. The van der Waals surface area contributed by atoms with Crippen LogP contribution in [0.3, 0.4) is 0 Å². The number of phenolic OH excluding ortho intramolecular Hbond substituents is 1. The highest BCUT2D eigenvalue weighted by atomic mass is 16.5. The summed E-state index contributed by atoms with van der Waals surface area (Å²) in [7, 11) is 0. The molecular weight excluding hydrogens is 416 g/mol. The van der Waals surface area contributed by atoms with Crippen molar-refractivity contribution in [3.05, 3.63) is 121 Å². The molecule has 5 nitrogen and oxygen atoms in total. The van der Waals surface area contributed by atoms with Crippen molar-refractivity contribution in [3.63, 3.8) is 0 Å². The third kappa shape index (κ3) is 5.80. The molecule has 0 spiro atoms. The zero-order chi connectivity index (χ0) is 23.0. The normalized spacial score (nSPS) is 10.3. The van der Waals surface area contributed by atoms with Crippen molar-refractivity contribution in [2.75, 3.05) is 0 Å². The molecule has 0 unspecified atom stereocenters. The maximum atomic E-state index is 11.8. The second kappa shape index (κ2) is 10.2. The molecule has 0 saturated carbocycles. The van der Waals surface area contributed by atoms with Crippen LogP contribution in [0.1, 0.15) is 11.1 Å². The Morgan fingerprint density at radius 2 is 1.27 bits per heavy atom. The summed E-state index contributed by atoms with van der Waals surface area (Å²) in [5.41, 5.74) is 1.27. The fourth-order valence-electron chi connectivity index (χ4n) is 3.23. The Morgan fingerprint density at radius 3 is 1.85 bits per heavy atom. The number of hydrogen-bond acceptors (Lipinski definition) is 5. The van der Waals surface area contributed by atoms with Gasteiger partial charge in [-0.05, 0) is 60.7 Å². The quantitative estimate of drug-likeness (QED) is 0.189. The molecule has 0 aliphatic rings. The van der Waals surface area contributed by atoms with E-state index in [0.29, 0.717) is 39.9 Å². The molecule has 4 aromatic carbocycles. The van der Waals surface area contributed by atoms with Crippen molar-refractivity contribution in [2.24, 2.45) is 0 Å². The molecule has 5 heteroatoms. The van der Waals surface area contributed by atoms with E-state index >= 15 is 0 Å². The number of carbonyl (C=O) groups excluding carboxylic acids is 1. The Hall–Kier alpha value is -4.51. The molecule has 4 aromatic rings. The van der Waals surface area contributed by atoms with Crippen LogP contribution in [-0.2, 0) is 11.2 Å². The number of rotatable bonds is 8. The number of hydrogen-bond donors (Lipinski definition) is 1. The van der Waals surface area contributed by atoms with Gasteiger partial charge in [0.05, 0.1) is 0 Å². The SMILES string of the molecule is C=CC(=O)Oc1ccc(Oc2ccccc2)cc1Cc1cc(Oc2ccccc2)ccc1O. The van der Waals surface area contributed by atoms with Crippen molar-refractivity contribution in [3.8, 4) is 34.5 Å². The van der Waals surface area contributed by atoms with Gasteiger partial charge in [-0.25, -0.2) is 4.79 Å². The van der Waals surface area contributed by atoms with E-state index in [9.17, 15) is 9.90 Å². The van der Waals surface area contributed by atoms with Crippen molar-refractivity contribution in [2.45, 2.75) is 6.42 Å². The van der Waals surface area contributed by atoms with Crippen LogP contribution in [0.25, 0.3) is 0 Å². The number of phenols is 1. The minimum atomic E-state index is -0.571. The maximum absolute atomic E-state index is 11.8. The van der Waals surface area contributed by atoms with E-state index in [2.05, 4.69) is 6.58 Å². The average molecular weight is 438 g/mol. The Kier molecular flexibility index (Phi) is 6.71. The molecule has 0 radical (unpaired) electrons. The van der Waals surface area contributed by atoms with Gasteiger partial charge in [0, 0.05) is 23.6 Å². The van der Waals surface area contributed by atoms with Crippen LogP contribution in [0.4, 0.5) is 0 Å². The minimum absolute atomic E-state index is 0.103. The fourth-order valence-corrected chi connectivity index (χ4v) is 3.23. The second-order valence-corrected chi connectivity index (χ2v) is 7.19. The molecule has 0 aliphatic carbocycles. The van der Waals surface area contributed by atoms with Gasteiger partial charge in [0.15, 0.2) is 0 Å². The number of para-hydroxylation sites is 2. The highest BCUT2D eigenvalue weighted by Gasteiger charge is 2.14. The summed E-state index contributed by atoms with van der Waals surface area (Å²) >= 11 is 0.